The van der Waals surface area contributed by atoms with Gasteiger partial charge in [0.15, 0.2) is 0 Å². The van der Waals surface area contributed by atoms with Crippen LogP contribution < -0.4 is 15.5 Å². The normalized spacial score (nSPS) is 17.0. The summed E-state index contributed by atoms with van der Waals surface area (Å²) < 4.78 is 0. The Balaban J connectivity index is 1.62. The van der Waals surface area contributed by atoms with Crippen LogP contribution in [0.4, 0.5) is 5.69 Å². The Bertz CT molecular complexity index is 457. The van der Waals surface area contributed by atoms with Crippen molar-refractivity contribution in [1.82, 2.24) is 15.5 Å². The second-order valence-electron chi connectivity index (χ2n) is 6.18. The van der Waals surface area contributed by atoms with Crippen molar-refractivity contribution in [2.24, 2.45) is 0 Å². The Morgan fingerprint density at radius 1 is 1.17 bits per heavy atom. The molecule has 0 saturated carbocycles. The number of para-hydroxylation sites is 1. The maximum absolute atomic E-state index is 11.9. The number of nitrogens with one attached hydrogen (secondary N) is 2. The van der Waals surface area contributed by atoms with Crippen LogP contribution in [0.15, 0.2) is 30.3 Å². The average Bonchev–Trinajstić information content (AvgIpc) is 2.59. The first kappa shape index (κ1) is 17.8. The highest BCUT2D eigenvalue weighted by atomic mass is 16.1. The van der Waals surface area contributed by atoms with Crippen LogP contribution in [-0.4, -0.2) is 62.7 Å². The minimum absolute atomic E-state index is 0.153. The molecule has 0 aromatic heterocycles. The molecule has 2 N–H and O–H groups in total. The Morgan fingerprint density at radius 2 is 1.87 bits per heavy atom. The molecule has 2 rings (SSSR count). The van der Waals surface area contributed by atoms with E-state index in [2.05, 4.69) is 64.6 Å². The molecule has 1 fully saturated rings. The third-order valence-corrected chi connectivity index (χ3v) is 4.31. The maximum Gasteiger partial charge on any atom is 0.221 e. The van der Waals surface area contributed by atoms with Crippen molar-refractivity contribution in [3.63, 3.8) is 0 Å². The SMILES string of the molecule is CCN[C@H](C)CNC(=O)CCN1CCN(c2ccccc2)CC1. The van der Waals surface area contributed by atoms with Crippen LogP contribution in [0.2, 0.25) is 0 Å². The smallest absolute Gasteiger partial charge is 0.221 e. The molecule has 1 atom stereocenters. The molecule has 1 aromatic rings. The lowest BCUT2D eigenvalue weighted by atomic mass is 10.2. The van der Waals surface area contributed by atoms with Crippen LogP contribution in [0.1, 0.15) is 20.3 Å². The lowest BCUT2D eigenvalue weighted by Gasteiger charge is -2.36. The molecule has 1 amide bonds. The van der Waals surface area contributed by atoms with Gasteiger partial charge < -0.3 is 15.5 Å². The molecule has 1 aliphatic heterocycles. The number of benzene rings is 1. The summed E-state index contributed by atoms with van der Waals surface area (Å²) in [6, 6.07) is 10.9. The highest BCUT2D eigenvalue weighted by Gasteiger charge is 2.17. The predicted octanol–water partition coefficient (Wildman–Crippen LogP) is 1.31. The first-order chi connectivity index (χ1) is 11.2. The van der Waals surface area contributed by atoms with Gasteiger partial charge in [0.05, 0.1) is 0 Å². The number of amides is 1. The standard InChI is InChI=1S/C18H30N4O/c1-3-19-16(2)15-20-18(23)9-10-21-11-13-22(14-12-21)17-7-5-4-6-8-17/h4-8,16,19H,3,9-15H2,1-2H3,(H,20,23)/t16-/m1/s1. The van der Waals surface area contributed by atoms with E-state index in [1.54, 1.807) is 0 Å². The Morgan fingerprint density at radius 3 is 2.52 bits per heavy atom. The highest BCUT2D eigenvalue weighted by Crippen LogP contribution is 2.15. The highest BCUT2D eigenvalue weighted by molar-refractivity contribution is 5.76. The molecule has 1 aromatic carbocycles. The molecule has 128 valence electrons. The number of hydrogen-bond donors (Lipinski definition) is 2. The monoisotopic (exact) mass is 318 g/mol. The quantitative estimate of drug-likeness (QED) is 0.759. The van der Waals surface area contributed by atoms with Gasteiger partial charge in [0, 0.05) is 57.4 Å². The molecule has 1 heterocycles. The van der Waals surface area contributed by atoms with E-state index < -0.39 is 0 Å². The number of carbonyl (C=O) groups is 1. The van der Waals surface area contributed by atoms with E-state index >= 15 is 0 Å². The Hall–Kier alpha value is -1.59. The lowest BCUT2D eigenvalue weighted by molar-refractivity contribution is -0.121. The molecule has 0 spiro atoms. The van der Waals surface area contributed by atoms with Gasteiger partial charge in [0.2, 0.25) is 5.91 Å². The zero-order chi connectivity index (χ0) is 16.5. The summed E-state index contributed by atoms with van der Waals surface area (Å²) in [4.78, 5) is 16.7. The number of hydrogen-bond acceptors (Lipinski definition) is 4. The van der Waals surface area contributed by atoms with Crippen molar-refractivity contribution < 1.29 is 4.79 Å². The first-order valence-electron chi connectivity index (χ1n) is 8.71. The number of carbonyl (C=O) groups excluding carboxylic acids is 1. The van der Waals surface area contributed by atoms with Crippen LogP contribution in [0.5, 0.6) is 0 Å². The minimum atomic E-state index is 0.153. The number of anilines is 1. The van der Waals surface area contributed by atoms with E-state index in [9.17, 15) is 4.79 Å². The summed E-state index contributed by atoms with van der Waals surface area (Å²) in [6.45, 7) is 10.8. The van der Waals surface area contributed by atoms with Gasteiger partial charge in [-0.25, -0.2) is 0 Å². The maximum atomic E-state index is 11.9. The van der Waals surface area contributed by atoms with Crippen molar-refractivity contribution in [3.8, 4) is 0 Å². The fraction of sp³-hybridized carbons (Fsp3) is 0.611. The summed E-state index contributed by atoms with van der Waals surface area (Å²) in [5, 5.41) is 6.30. The molecule has 5 nitrogen and oxygen atoms in total. The van der Waals surface area contributed by atoms with E-state index in [1.807, 2.05) is 0 Å². The summed E-state index contributed by atoms with van der Waals surface area (Å²) in [7, 11) is 0. The third kappa shape index (κ3) is 6.20. The summed E-state index contributed by atoms with van der Waals surface area (Å²) in [6.07, 6.45) is 0.587. The number of piperazine rings is 1. The van der Waals surface area contributed by atoms with Crippen molar-refractivity contribution in [2.75, 3.05) is 50.7 Å². The van der Waals surface area contributed by atoms with E-state index in [0.717, 1.165) is 39.3 Å². The van der Waals surface area contributed by atoms with Crippen molar-refractivity contribution in [3.05, 3.63) is 30.3 Å². The van der Waals surface area contributed by atoms with Gasteiger partial charge in [-0.2, -0.15) is 0 Å². The first-order valence-corrected chi connectivity index (χ1v) is 8.71. The second kappa shape index (κ2) is 9.53. The molecule has 1 saturated heterocycles. The van der Waals surface area contributed by atoms with E-state index in [4.69, 9.17) is 0 Å². The van der Waals surface area contributed by atoms with Gasteiger partial charge in [-0.15, -0.1) is 0 Å². The predicted molar refractivity (Wildman–Crippen MR) is 95.9 cm³/mol. The number of likely N-dealkylation sites (N-methyl/N-ethyl adjacent to an activating group) is 1. The van der Waals surface area contributed by atoms with Crippen molar-refractivity contribution >= 4 is 11.6 Å². The van der Waals surface area contributed by atoms with Gasteiger partial charge in [-0.05, 0) is 25.6 Å². The number of rotatable bonds is 8. The van der Waals surface area contributed by atoms with Gasteiger partial charge >= 0.3 is 0 Å². The zero-order valence-electron chi connectivity index (χ0n) is 14.4. The fourth-order valence-electron chi connectivity index (χ4n) is 2.90. The number of nitrogens with zero attached hydrogens (tertiary/aromatic N) is 2. The van der Waals surface area contributed by atoms with Crippen LogP contribution in [0, 0.1) is 0 Å². The lowest BCUT2D eigenvalue weighted by Crippen LogP contribution is -2.47. The Labute approximate surface area is 140 Å². The summed E-state index contributed by atoms with van der Waals surface area (Å²) in [5.74, 6) is 0.153. The van der Waals surface area contributed by atoms with E-state index in [0.29, 0.717) is 19.0 Å². The third-order valence-electron chi connectivity index (χ3n) is 4.31. The van der Waals surface area contributed by atoms with Crippen LogP contribution in [-0.2, 0) is 4.79 Å². The molecule has 23 heavy (non-hydrogen) atoms. The van der Waals surface area contributed by atoms with Gasteiger partial charge in [-0.1, -0.05) is 25.1 Å². The molecular formula is C18H30N4O. The largest absolute Gasteiger partial charge is 0.369 e. The van der Waals surface area contributed by atoms with Gasteiger partial charge in [-0.3, -0.25) is 9.69 Å². The van der Waals surface area contributed by atoms with Crippen LogP contribution in [0.3, 0.4) is 0 Å². The van der Waals surface area contributed by atoms with Crippen LogP contribution in [0.25, 0.3) is 0 Å². The average molecular weight is 318 g/mol. The van der Waals surface area contributed by atoms with Gasteiger partial charge in [0.25, 0.3) is 0 Å². The molecule has 1 aliphatic rings. The Kier molecular flexibility index (Phi) is 7.36. The topological polar surface area (TPSA) is 47.6 Å². The fourth-order valence-corrected chi connectivity index (χ4v) is 2.90. The van der Waals surface area contributed by atoms with E-state index in [1.165, 1.54) is 5.69 Å². The molecular weight excluding hydrogens is 288 g/mol. The summed E-state index contributed by atoms with van der Waals surface area (Å²) >= 11 is 0. The van der Waals surface area contributed by atoms with Crippen molar-refractivity contribution in [2.45, 2.75) is 26.3 Å². The van der Waals surface area contributed by atoms with E-state index in [-0.39, 0.29) is 5.91 Å². The second-order valence-corrected chi connectivity index (χ2v) is 6.18. The van der Waals surface area contributed by atoms with Crippen LogP contribution >= 0.6 is 0 Å². The minimum Gasteiger partial charge on any atom is -0.369 e. The molecule has 0 aliphatic carbocycles. The summed E-state index contributed by atoms with van der Waals surface area (Å²) in [5.41, 5.74) is 1.29. The van der Waals surface area contributed by atoms with Gasteiger partial charge in [0.1, 0.15) is 0 Å². The molecule has 5 heteroatoms. The van der Waals surface area contributed by atoms with Crippen molar-refractivity contribution in [1.29, 1.82) is 0 Å². The molecule has 0 radical (unpaired) electrons. The molecule has 0 unspecified atom stereocenters. The zero-order valence-corrected chi connectivity index (χ0v) is 14.4. The molecule has 0 bridgehead atoms.